The van der Waals surface area contributed by atoms with Gasteiger partial charge in [0.05, 0.1) is 13.2 Å². The van der Waals surface area contributed by atoms with Crippen molar-refractivity contribution in [1.82, 2.24) is 0 Å². The minimum Gasteiger partial charge on any atom is -0.491 e. The molecule has 0 aromatic heterocycles. The van der Waals surface area contributed by atoms with E-state index < -0.39 is 49.8 Å². The Bertz CT molecular complexity index is 715. The average Bonchev–Trinajstić information content (AvgIpc) is 2.84. The van der Waals surface area contributed by atoms with Crippen LogP contribution in [0.4, 0.5) is 0 Å². The second-order valence-corrected chi connectivity index (χ2v) is 7.29. The number of aliphatic hydroxyl groups excluding tert-OH is 8. The van der Waals surface area contributed by atoms with Crippen molar-refractivity contribution in [2.45, 2.75) is 36.6 Å². The molecule has 0 spiro atoms. The summed E-state index contributed by atoms with van der Waals surface area (Å²) in [5.41, 5.74) is 1.73. The van der Waals surface area contributed by atoms with Crippen molar-refractivity contribution in [2.75, 3.05) is 26.4 Å². The van der Waals surface area contributed by atoms with Gasteiger partial charge in [-0.2, -0.15) is 0 Å². The Hall–Kier alpha value is -2.28. The van der Waals surface area contributed by atoms with Crippen molar-refractivity contribution in [3.63, 3.8) is 0 Å². The molecule has 0 radical (unpaired) electrons. The normalized spacial score (nSPS) is 17.1. The van der Waals surface area contributed by atoms with Gasteiger partial charge in [0, 0.05) is 0 Å². The van der Waals surface area contributed by atoms with Crippen LogP contribution in [0.3, 0.4) is 0 Å². The van der Waals surface area contributed by atoms with Gasteiger partial charge in [0.15, 0.2) is 0 Å². The summed E-state index contributed by atoms with van der Waals surface area (Å²) < 4.78 is 10.8. The Balaban J connectivity index is 1.88. The third kappa shape index (κ3) is 7.40. The summed E-state index contributed by atoms with van der Waals surface area (Å²) >= 11 is 0. The highest BCUT2D eigenvalue weighted by atomic mass is 16.5. The molecular weight excluding hydrogens is 424 g/mol. The Labute approximate surface area is 185 Å². The lowest BCUT2D eigenvalue weighted by atomic mass is 10.1. The molecule has 2 aromatic carbocycles. The maximum atomic E-state index is 9.78. The molecule has 8 N–H and O–H groups in total. The third-order valence-electron chi connectivity index (χ3n) is 4.83. The number of hydrogen-bond acceptors (Lipinski definition) is 10. The second-order valence-electron chi connectivity index (χ2n) is 7.29. The lowest BCUT2D eigenvalue weighted by Crippen LogP contribution is -2.42. The molecule has 0 saturated carbocycles. The van der Waals surface area contributed by atoms with E-state index in [1.165, 1.54) is 0 Å². The van der Waals surface area contributed by atoms with Gasteiger partial charge in [0.25, 0.3) is 0 Å². The number of aliphatic hydroxyl groups is 8. The minimum atomic E-state index is -1.52. The second kappa shape index (κ2) is 12.7. The Morgan fingerprint density at radius 1 is 0.500 bits per heavy atom. The monoisotopic (exact) mass is 454 g/mol. The maximum absolute atomic E-state index is 9.78. The van der Waals surface area contributed by atoms with E-state index in [9.17, 15) is 30.6 Å². The molecule has 0 heterocycles. The number of hydrogen-bond donors (Lipinski definition) is 8. The van der Waals surface area contributed by atoms with Gasteiger partial charge in [-0.25, -0.2) is 0 Å². The predicted octanol–water partition coefficient (Wildman–Crippen LogP) is -1.74. The molecule has 0 fully saturated rings. The summed E-state index contributed by atoms with van der Waals surface area (Å²) in [4.78, 5) is 0. The first-order chi connectivity index (χ1) is 15.3. The van der Waals surface area contributed by atoms with Crippen molar-refractivity contribution in [3.05, 3.63) is 48.5 Å². The van der Waals surface area contributed by atoms with Gasteiger partial charge < -0.3 is 50.3 Å². The number of rotatable bonds is 13. The standard InChI is InChI=1S/C22H30O10/c23-9-17(25)21(29)19(27)11-31-15-5-1-13(2-6-15)14-3-7-16(8-4-14)32-12-20(28)22(30)18(26)10-24/h1-8,17-30H,9-12H2/t17-,18-,19-,20-,21-,22-/m1/s1. The molecule has 0 bridgehead atoms. The van der Waals surface area contributed by atoms with Crippen LogP contribution >= 0.6 is 0 Å². The molecule has 0 aliphatic carbocycles. The van der Waals surface area contributed by atoms with Gasteiger partial charge in [-0.3, -0.25) is 0 Å². The van der Waals surface area contributed by atoms with Gasteiger partial charge in [-0.15, -0.1) is 0 Å². The van der Waals surface area contributed by atoms with E-state index in [2.05, 4.69) is 0 Å². The quantitative estimate of drug-likeness (QED) is 0.173. The highest BCUT2D eigenvalue weighted by Crippen LogP contribution is 2.25. The Kier molecular flexibility index (Phi) is 10.3. The highest BCUT2D eigenvalue weighted by Gasteiger charge is 2.25. The van der Waals surface area contributed by atoms with E-state index in [1.807, 2.05) is 0 Å². The SMILES string of the molecule is OC[C@@H](O)[C@@H](O)[C@H](O)COc1ccc(-c2ccc(OC[C@@H](O)[C@H](O)[C@H](O)CO)cc2)cc1. The van der Waals surface area contributed by atoms with Crippen molar-refractivity contribution in [1.29, 1.82) is 0 Å². The number of benzene rings is 2. The van der Waals surface area contributed by atoms with Crippen LogP contribution in [0.2, 0.25) is 0 Å². The van der Waals surface area contributed by atoms with Crippen molar-refractivity contribution in [2.24, 2.45) is 0 Å². The summed E-state index contributed by atoms with van der Waals surface area (Å²) in [6.07, 6.45) is -8.69. The summed E-state index contributed by atoms with van der Waals surface area (Å²) in [6, 6.07) is 13.8. The number of ether oxygens (including phenoxy) is 2. The van der Waals surface area contributed by atoms with Crippen LogP contribution in [0.25, 0.3) is 11.1 Å². The minimum absolute atomic E-state index is 0.264. The topological polar surface area (TPSA) is 180 Å². The largest absolute Gasteiger partial charge is 0.491 e. The van der Waals surface area contributed by atoms with Crippen LogP contribution in [-0.4, -0.2) is 104 Å². The van der Waals surface area contributed by atoms with Crippen LogP contribution in [0.15, 0.2) is 48.5 Å². The van der Waals surface area contributed by atoms with Crippen molar-refractivity contribution < 1.29 is 50.3 Å². The zero-order valence-electron chi connectivity index (χ0n) is 17.3. The molecule has 10 nitrogen and oxygen atoms in total. The van der Waals surface area contributed by atoms with Crippen LogP contribution in [0.5, 0.6) is 11.5 Å². The molecule has 32 heavy (non-hydrogen) atoms. The van der Waals surface area contributed by atoms with E-state index in [0.717, 1.165) is 11.1 Å². The zero-order valence-corrected chi connectivity index (χ0v) is 17.3. The van der Waals surface area contributed by atoms with Gasteiger partial charge in [0.1, 0.15) is 61.3 Å². The van der Waals surface area contributed by atoms with Crippen LogP contribution in [0, 0.1) is 0 Å². The molecule has 0 amide bonds. The van der Waals surface area contributed by atoms with E-state index in [4.69, 9.17) is 19.7 Å². The van der Waals surface area contributed by atoms with Gasteiger partial charge in [-0.1, -0.05) is 24.3 Å². The summed E-state index contributed by atoms with van der Waals surface area (Å²) in [5, 5.41) is 75.0. The Morgan fingerprint density at radius 3 is 1.09 bits per heavy atom. The van der Waals surface area contributed by atoms with E-state index in [1.54, 1.807) is 48.5 Å². The molecule has 2 aromatic rings. The lowest BCUT2D eigenvalue weighted by Gasteiger charge is -2.21. The first-order valence-electron chi connectivity index (χ1n) is 10.0. The molecule has 0 unspecified atom stereocenters. The fourth-order valence-corrected chi connectivity index (χ4v) is 2.78. The fraction of sp³-hybridized carbons (Fsp3) is 0.455. The first kappa shape index (κ1) is 26.0. The van der Waals surface area contributed by atoms with Crippen LogP contribution in [-0.2, 0) is 0 Å². The molecule has 178 valence electrons. The third-order valence-corrected chi connectivity index (χ3v) is 4.83. The zero-order chi connectivity index (χ0) is 23.7. The average molecular weight is 454 g/mol. The molecule has 0 saturated heterocycles. The van der Waals surface area contributed by atoms with E-state index in [-0.39, 0.29) is 13.2 Å². The smallest absolute Gasteiger partial charge is 0.119 e. The summed E-state index contributed by atoms with van der Waals surface area (Å²) in [5.74, 6) is 0.882. The highest BCUT2D eigenvalue weighted by molar-refractivity contribution is 5.64. The fourth-order valence-electron chi connectivity index (χ4n) is 2.78. The molecule has 2 rings (SSSR count). The lowest BCUT2D eigenvalue weighted by molar-refractivity contribution is -0.0871. The molecule has 0 aliphatic heterocycles. The maximum Gasteiger partial charge on any atom is 0.119 e. The Morgan fingerprint density at radius 2 is 0.812 bits per heavy atom. The van der Waals surface area contributed by atoms with Gasteiger partial charge in [-0.05, 0) is 35.4 Å². The van der Waals surface area contributed by atoms with Crippen LogP contribution in [0.1, 0.15) is 0 Å². The summed E-state index contributed by atoms with van der Waals surface area (Å²) in [7, 11) is 0. The van der Waals surface area contributed by atoms with Gasteiger partial charge >= 0.3 is 0 Å². The van der Waals surface area contributed by atoms with E-state index in [0.29, 0.717) is 11.5 Å². The predicted molar refractivity (Wildman–Crippen MR) is 113 cm³/mol. The molecular formula is C22H30O10. The van der Waals surface area contributed by atoms with Gasteiger partial charge in [0.2, 0.25) is 0 Å². The molecule has 0 aliphatic rings. The van der Waals surface area contributed by atoms with E-state index >= 15 is 0 Å². The first-order valence-corrected chi connectivity index (χ1v) is 10.0. The molecule has 6 atom stereocenters. The summed E-state index contributed by atoms with van der Waals surface area (Å²) in [6.45, 7) is -1.88. The van der Waals surface area contributed by atoms with Crippen molar-refractivity contribution in [3.8, 4) is 22.6 Å². The molecule has 10 heteroatoms. The van der Waals surface area contributed by atoms with Crippen molar-refractivity contribution >= 4 is 0 Å². The van der Waals surface area contributed by atoms with Crippen LogP contribution < -0.4 is 9.47 Å².